The molecule has 0 aliphatic rings. The third-order valence-electron chi connectivity index (χ3n) is 5.22. The van der Waals surface area contributed by atoms with Crippen molar-refractivity contribution in [3.05, 3.63) is 63.9 Å². The number of guanidine groups is 1. The number of halogens is 2. The highest BCUT2D eigenvalue weighted by molar-refractivity contribution is 9.10. The zero-order chi connectivity index (χ0) is 22.9. The fourth-order valence-corrected chi connectivity index (χ4v) is 5.31. The fraction of sp³-hybridized carbons (Fsp3) is 0.0870. The van der Waals surface area contributed by atoms with E-state index in [0.717, 1.165) is 58.3 Å². The SMILES string of the molecule is N=C(N)NCCSc1nc(-c2c[nH]c3cc(Br)ccc23)cnc1-c1c[nH]c2cc(Br)ccc12. The van der Waals surface area contributed by atoms with Gasteiger partial charge in [-0.05, 0) is 24.3 Å². The van der Waals surface area contributed by atoms with Crippen LogP contribution in [0.15, 0.2) is 69.0 Å². The molecular formula is C23H19Br2N7S. The summed E-state index contributed by atoms with van der Waals surface area (Å²) in [5, 5.41) is 13.2. The molecule has 0 radical (unpaired) electrons. The number of H-pyrrole nitrogens is 2. The predicted molar refractivity (Wildman–Crippen MR) is 143 cm³/mol. The van der Waals surface area contributed by atoms with Gasteiger partial charge < -0.3 is 21.0 Å². The molecule has 0 fully saturated rings. The molecule has 0 atom stereocenters. The first kappa shape index (κ1) is 22.0. The molecule has 166 valence electrons. The monoisotopic (exact) mass is 583 g/mol. The molecular weight excluding hydrogens is 566 g/mol. The smallest absolute Gasteiger partial charge is 0.185 e. The first-order valence-corrected chi connectivity index (χ1v) is 12.7. The lowest BCUT2D eigenvalue weighted by Gasteiger charge is -2.10. The molecule has 33 heavy (non-hydrogen) atoms. The van der Waals surface area contributed by atoms with Gasteiger partial charge in [0.05, 0.1) is 11.9 Å². The Kier molecular flexibility index (Phi) is 6.13. The minimum Gasteiger partial charge on any atom is -0.370 e. The van der Waals surface area contributed by atoms with Crippen molar-refractivity contribution in [2.75, 3.05) is 12.3 Å². The highest BCUT2D eigenvalue weighted by atomic mass is 79.9. The maximum atomic E-state index is 7.38. The molecule has 0 aliphatic carbocycles. The van der Waals surface area contributed by atoms with Crippen LogP contribution in [-0.4, -0.2) is 38.2 Å². The Morgan fingerprint density at radius 2 is 1.64 bits per heavy atom. The molecule has 0 saturated carbocycles. The number of nitrogens with zero attached hydrogens (tertiary/aromatic N) is 2. The number of fused-ring (bicyclic) bond motifs is 2. The van der Waals surface area contributed by atoms with Gasteiger partial charge in [-0.1, -0.05) is 44.0 Å². The molecule has 0 spiro atoms. The molecule has 6 N–H and O–H groups in total. The van der Waals surface area contributed by atoms with Crippen molar-refractivity contribution in [3.8, 4) is 22.5 Å². The third kappa shape index (κ3) is 4.50. The van der Waals surface area contributed by atoms with Crippen molar-refractivity contribution in [2.45, 2.75) is 5.03 Å². The van der Waals surface area contributed by atoms with Gasteiger partial charge in [0.1, 0.15) is 10.7 Å². The van der Waals surface area contributed by atoms with Crippen molar-refractivity contribution in [2.24, 2.45) is 5.73 Å². The third-order valence-corrected chi connectivity index (χ3v) is 7.17. The summed E-state index contributed by atoms with van der Waals surface area (Å²) in [4.78, 5) is 16.5. The van der Waals surface area contributed by atoms with E-state index < -0.39 is 0 Å². The van der Waals surface area contributed by atoms with Gasteiger partial charge >= 0.3 is 0 Å². The van der Waals surface area contributed by atoms with Crippen molar-refractivity contribution >= 4 is 71.4 Å². The van der Waals surface area contributed by atoms with Crippen molar-refractivity contribution in [1.29, 1.82) is 5.41 Å². The highest BCUT2D eigenvalue weighted by Gasteiger charge is 2.17. The van der Waals surface area contributed by atoms with Gasteiger partial charge in [-0.25, -0.2) is 4.98 Å². The van der Waals surface area contributed by atoms with Crippen LogP contribution in [-0.2, 0) is 0 Å². The second-order valence-electron chi connectivity index (χ2n) is 7.38. The summed E-state index contributed by atoms with van der Waals surface area (Å²) in [6.07, 6.45) is 5.77. The molecule has 0 aliphatic heterocycles. The maximum Gasteiger partial charge on any atom is 0.185 e. The Morgan fingerprint density at radius 1 is 1.00 bits per heavy atom. The van der Waals surface area contributed by atoms with Crippen molar-refractivity contribution in [3.63, 3.8) is 0 Å². The van der Waals surface area contributed by atoms with E-state index in [1.54, 1.807) is 11.8 Å². The van der Waals surface area contributed by atoms with Crippen LogP contribution in [0.3, 0.4) is 0 Å². The van der Waals surface area contributed by atoms with E-state index in [4.69, 9.17) is 21.1 Å². The molecule has 10 heteroatoms. The van der Waals surface area contributed by atoms with E-state index >= 15 is 0 Å². The lowest BCUT2D eigenvalue weighted by molar-refractivity contribution is 0.951. The Hall–Kier alpha value is -2.82. The quantitative estimate of drug-likeness (QED) is 0.0739. The highest BCUT2D eigenvalue weighted by Crippen LogP contribution is 2.36. The van der Waals surface area contributed by atoms with Gasteiger partial charge in [0, 0.05) is 66.6 Å². The molecule has 2 aromatic carbocycles. The Bertz CT molecular complexity index is 1490. The largest absolute Gasteiger partial charge is 0.370 e. The number of thioether (sulfide) groups is 1. The van der Waals surface area contributed by atoms with Crippen molar-refractivity contribution in [1.82, 2.24) is 25.3 Å². The van der Waals surface area contributed by atoms with Crippen LogP contribution in [0.4, 0.5) is 0 Å². The topological polar surface area (TPSA) is 119 Å². The fourth-order valence-electron chi connectivity index (χ4n) is 3.73. The number of nitrogens with one attached hydrogen (secondary N) is 4. The molecule has 0 bridgehead atoms. The van der Waals surface area contributed by atoms with Crippen LogP contribution in [0.25, 0.3) is 44.3 Å². The van der Waals surface area contributed by atoms with Crippen LogP contribution in [0, 0.1) is 5.41 Å². The standard InChI is InChI=1S/C23H19Br2N7S/c24-12-1-3-14-16(9-29-18(14)7-12)20-11-31-21(22(32-20)33-6-5-28-23(26)27)17-10-30-19-8-13(25)2-4-15(17)19/h1-4,7-11,29-30H,5-6H2,(H4,26,27,28). The second kappa shape index (κ2) is 9.20. The van der Waals surface area contributed by atoms with Crippen LogP contribution < -0.4 is 11.1 Å². The number of hydrogen-bond donors (Lipinski definition) is 5. The summed E-state index contributed by atoms with van der Waals surface area (Å²) in [6, 6.07) is 12.3. The van der Waals surface area contributed by atoms with E-state index in [-0.39, 0.29) is 5.96 Å². The number of rotatable bonds is 6. The number of aromatic amines is 2. The van der Waals surface area contributed by atoms with Gasteiger partial charge in [0.15, 0.2) is 5.96 Å². The number of aromatic nitrogens is 4. The minimum atomic E-state index is -0.0391. The van der Waals surface area contributed by atoms with Crippen LogP contribution in [0.1, 0.15) is 0 Å². The second-order valence-corrected chi connectivity index (χ2v) is 10.3. The average Bonchev–Trinajstić information content (AvgIpc) is 3.40. The summed E-state index contributed by atoms with van der Waals surface area (Å²) >= 11 is 8.64. The van der Waals surface area contributed by atoms with Gasteiger partial charge in [0.2, 0.25) is 0 Å². The number of hydrogen-bond acceptors (Lipinski definition) is 4. The molecule has 3 aromatic heterocycles. The van der Waals surface area contributed by atoms with Crippen LogP contribution in [0.5, 0.6) is 0 Å². The summed E-state index contributed by atoms with van der Waals surface area (Å²) in [5.74, 6) is 0.655. The minimum absolute atomic E-state index is 0.0391. The van der Waals surface area contributed by atoms with Gasteiger partial charge in [-0.15, -0.1) is 11.8 Å². The molecule has 0 unspecified atom stereocenters. The van der Waals surface area contributed by atoms with Gasteiger partial charge in [-0.3, -0.25) is 10.4 Å². The van der Waals surface area contributed by atoms with Gasteiger partial charge in [-0.2, -0.15) is 0 Å². The molecule has 0 amide bonds. The van der Waals surface area contributed by atoms with E-state index in [1.165, 1.54) is 0 Å². The summed E-state index contributed by atoms with van der Waals surface area (Å²) < 4.78 is 2.03. The molecule has 5 aromatic rings. The Balaban J connectivity index is 1.58. The van der Waals surface area contributed by atoms with Gasteiger partial charge in [0.25, 0.3) is 0 Å². The Morgan fingerprint density at radius 3 is 2.30 bits per heavy atom. The summed E-state index contributed by atoms with van der Waals surface area (Å²) in [5.41, 5.74) is 11.1. The number of nitrogens with two attached hydrogens (primary N) is 1. The lowest BCUT2D eigenvalue weighted by atomic mass is 10.1. The van der Waals surface area contributed by atoms with E-state index in [9.17, 15) is 0 Å². The average molecular weight is 585 g/mol. The summed E-state index contributed by atoms with van der Waals surface area (Å²) in [6.45, 7) is 0.563. The lowest BCUT2D eigenvalue weighted by Crippen LogP contribution is -2.31. The number of benzene rings is 2. The molecule has 0 saturated heterocycles. The maximum absolute atomic E-state index is 7.38. The van der Waals surface area contributed by atoms with Crippen LogP contribution in [0.2, 0.25) is 0 Å². The molecule has 7 nitrogen and oxygen atoms in total. The van der Waals surface area contributed by atoms with Crippen LogP contribution >= 0.6 is 43.6 Å². The normalized spacial score (nSPS) is 11.3. The van der Waals surface area contributed by atoms with E-state index in [2.05, 4.69) is 59.3 Å². The van der Waals surface area contributed by atoms with Crippen molar-refractivity contribution < 1.29 is 0 Å². The Labute approximate surface area is 210 Å². The summed E-state index contributed by atoms with van der Waals surface area (Å²) in [7, 11) is 0. The zero-order valence-electron chi connectivity index (χ0n) is 17.2. The van der Waals surface area contributed by atoms with E-state index in [1.807, 2.05) is 42.9 Å². The zero-order valence-corrected chi connectivity index (χ0v) is 21.2. The van der Waals surface area contributed by atoms with E-state index in [0.29, 0.717) is 12.3 Å². The molecule has 5 rings (SSSR count). The first-order chi connectivity index (χ1) is 16.0. The first-order valence-electron chi connectivity index (χ1n) is 10.1. The molecule has 3 heterocycles. The predicted octanol–water partition coefficient (Wildman–Crippen LogP) is 5.87.